The third-order valence-corrected chi connectivity index (χ3v) is 2.32. The fourth-order valence-corrected chi connectivity index (χ4v) is 1.46. The van der Waals surface area contributed by atoms with Gasteiger partial charge in [-0.1, -0.05) is 18.7 Å². The topological polar surface area (TPSA) is 47.6 Å². The van der Waals surface area contributed by atoms with Crippen molar-refractivity contribution in [1.29, 1.82) is 0 Å². The van der Waals surface area contributed by atoms with Crippen LogP contribution in [-0.4, -0.2) is 26.2 Å². The van der Waals surface area contributed by atoms with Crippen molar-refractivity contribution in [2.45, 2.75) is 6.92 Å². The standard InChI is InChI=1S/C15H19NO3/c1-4-10-19-13-8-6-12(11-14(13)18-3)7-9-15(17)16-5-2/h4,6-9,11H,1,5,10H2,2-3H3,(H,16,17). The zero-order valence-corrected chi connectivity index (χ0v) is 11.3. The van der Waals surface area contributed by atoms with Crippen molar-refractivity contribution < 1.29 is 14.3 Å². The Morgan fingerprint density at radius 2 is 2.21 bits per heavy atom. The summed E-state index contributed by atoms with van der Waals surface area (Å²) in [7, 11) is 1.58. The Morgan fingerprint density at radius 1 is 1.42 bits per heavy atom. The third-order valence-electron chi connectivity index (χ3n) is 2.32. The van der Waals surface area contributed by atoms with Crippen LogP contribution in [0.25, 0.3) is 6.08 Å². The van der Waals surface area contributed by atoms with Gasteiger partial charge in [-0.25, -0.2) is 0 Å². The molecule has 0 bridgehead atoms. The van der Waals surface area contributed by atoms with Gasteiger partial charge in [0.2, 0.25) is 5.91 Å². The van der Waals surface area contributed by atoms with Gasteiger partial charge >= 0.3 is 0 Å². The lowest BCUT2D eigenvalue weighted by Gasteiger charge is -2.09. The molecule has 0 fully saturated rings. The van der Waals surface area contributed by atoms with E-state index >= 15 is 0 Å². The van der Waals surface area contributed by atoms with Crippen LogP contribution in [0.1, 0.15) is 12.5 Å². The molecule has 0 saturated carbocycles. The highest BCUT2D eigenvalue weighted by Gasteiger charge is 2.04. The molecule has 1 aromatic rings. The largest absolute Gasteiger partial charge is 0.493 e. The van der Waals surface area contributed by atoms with Gasteiger partial charge in [0, 0.05) is 12.6 Å². The van der Waals surface area contributed by atoms with Gasteiger partial charge in [-0.15, -0.1) is 0 Å². The summed E-state index contributed by atoms with van der Waals surface area (Å²) in [4.78, 5) is 11.3. The molecule has 19 heavy (non-hydrogen) atoms. The molecule has 102 valence electrons. The maximum atomic E-state index is 11.3. The molecule has 0 radical (unpaired) electrons. The van der Waals surface area contributed by atoms with Gasteiger partial charge in [0.25, 0.3) is 0 Å². The van der Waals surface area contributed by atoms with E-state index in [2.05, 4.69) is 11.9 Å². The number of hydrogen-bond donors (Lipinski definition) is 1. The zero-order valence-electron chi connectivity index (χ0n) is 11.3. The minimum atomic E-state index is -0.117. The van der Waals surface area contributed by atoms with Gasteiger partial charge in [0.1, 0.15) is 6.61 Å². The number of benzene rings is 1. The van der Waals surface area contributed by atoms with Crippen molar-refractivity contribution in [1.82, 2.24) is 5.32 Å². The summed E-state index contributed by atoms with van der Waals surface area (Å²) in [5.74, 6) is 1.16. The van der Waals surface area contributed by atoms with E-state index in [1.807, 2.05) is 19.1 Å². The monoisotopic (exact) mass is 261 g/mol. The lowest BCUT2D eigenvalue weighted by molar-refractivity contribution is -0.116. The smallest absolute Gasteiger partial charge is 0.243 e. The first-order valence-electron chi connectivity index (χ1n) is 6.09. The maximum Gasteiger partial charge on any atom is 0.243 e. The number of likely N-dealkylation sites (N-methyl/N-ethyl adjacent to an activating group) is 1. The van der Waals surface area contributed by atoms with E-state index in [1.54, 1.807) is 25.3 Å². The summed E-state index contributed by atoms with van der Waals surface area (Å²) in [6.45, 7) is 6.50. The lowest BCUT2D eigenvalue weighted by atomic mass is 10.2. The average Bonchev–Trinajstić information content (AvgIpc) is 2.43. The van der Waals surface area contributed by atoms with Crippen LogP contribution in [-0.2, 0) is 4.79 Å². The number of ether oxygens (including phenoxy) is 2. The molecule has 1 amide bonds. The van der Waals surface area contributed by atoms with Gasteiger partial charge in [-0.05, 0) is 30.7 Å². The first-order valence-corrected chi connectivity index (χ1v) is 6.09. The number of rotatable bonds is 7. The zero-order chi connectivity index (χ0) is 14.1. The predicted molar refractivity (Wildman–Crippen MR) is 76.4 cm³/mol. The van der Waals surface area contributed by atoms with E-state index in [0.29, 0.717) is 24.7 Å². The summed E-state index contributed by atoms with van der Waals surface area (Å²) in [6.07, 6.45) is 4.88. The number of methoxy groups -OCH3 is 1. The molecule has 1 rings (SSSR count). The first kappa shape index (κ1) is 14.8. The molecule has 0 heterocycles. The van der Waals surface area contributed by atoms with Crippen LogP contribution < -0.4 is 14.8 Å². The fourth-order valence-electron chi connectivity index (χ4n) is 1.46. The number of hydrogen-bond acceptors (Lipinski definition) is 3. The molecule has 0 unspecified atom stereocenters. The molecule has 0 saturated heterocycles. The van der Waals surface area contributed by atoms with Crippen molar-refractivity contribution in [3.05, 3.63) is 42.5 Å². The van der Waals surface area contributed by atoms with Crippen LogP contribution in [0.3, 0.4) is 0 Å². The van der Waals surface area contributed by atoms with Crippen LogP contribution in [0.5, 0.6) is 11.5 Å². The van der Waals surface area contributed by atoms with Crippen LogP contribution in [0.15, 0.2) is 36.9 Å². The number of carbonyl (C=O) groups excluding carboxylic acids is 1. The molecule has 4 heteroatoms. The van der Waals surface area contributed by atoms with Gasteiger partial charge in [0.05, 0.1) is 7.11 Å². The summed E-state index contributed by atoms with van der Waals surface area (Å²) in [5.41, 5.74) is 0.869. The summed E-state index contributed by atoms with van der Waals surface area (Å²) >= 11 is 0. The Hall–Kier alpha value is -2.23. The van der Waals surface area contributed by atoms with E-state index in [0.717, 1.165) is 5.56 Å². The Morgan fingerprint density at radius 3 is 2.84 bits per heavy atom. The second-order valence-corrected chi connectivity index (χ2v) is 3.74. The van der Waals surface area contributed by atoms with Crippen molar-refractivity contribution >= 4 is 12.0 Å². The van der Waals surface area contributed by atoms with E-state index in [4.69, 9.17) is 9.47 Å². The molecule has 0 atom stereocenters. The Balaban J connectivity index is 2.81. The molecule has 1 N–H and O–H groups in total. The molecule has 0 aliphatic heterocycles. The van der Waals surface area contributed by atoms with Crippen molar-refractivity contribution in [3.63, 3.8) is 0 Å². The maximum absolute atomic E-state index is 11.3. The quantitative estimate of drug-likeness (QED) is 0.605. The average molecular weight is 261 g/mol. The molecular weight excluding hydrogens is 242 g/mol. The first-order chi connectivity index (χ1) is 9.21. The van der Waals surface area contributed by atoms with E-state index in [1.165, 1.54) is 6.08 Å². The summed E-state index contributed by atoms with van der Waals surface area (Å²) in [5, 5.41) is 2.69. The summed E-state index contributed by atoms with van der Waals surface area (Å²) in [6, 6.07) is 5.48. The Labute approximate surface area is 113 Å². The van der Waals surface area contributed by atoms with E-state index in [-0.39, 0.29) is 5.91 Å². The number of carbonyl (C=O) groups is 1. The van der Waals surface area contributed by atoms with Crippen LogP contribution >= 0.6 is 0 Å². The molecule has 0 aliphatic carbocycles. The highest BCUT2D eigenvalue weighted by atomic mass is 16.5. The number of nitrogens with one attached hydrogen (secondary N) is 1. The second-order valence-electron chi connectivity index (χ2n) is 3.74. The molecular formula is C15H19NO3. The highest BCUT2D eigenvalue weighted by molar-refractivity contribution is 5.91. The van der Waals surface area contributed by atoms with Gasteiger partial charge in [-0.2, -0.15) is 0 Å². The molecule has 4 nitrogen and oxygen atoms in total. The van der Waals surface area contributed by atoms with Crippen molar-refractivity contribution in [2.24, 2.45) is 0 Å². The SMILES string of the molecule is C=CCOc1ccc(C=CC(=O)NCC)cc1OC. The van der Waals surface area contributed by atoms with Gasteiger partial charge < -0.3 is 14.8 Å². The third kappa shape index (κ3) is 4.87. The predicted octanol–water partition coefficient (Wildman–Crippen LogP) is 2.41. The van der Waals surface area contributed by atoms with Crippen LogP contribution in [0, 0.1) is 0 Å². The van der Waals surface area contributed by atoms with Crippen LogP contribution in [0.4, 0.5) is 0 Å². The van der Waals surface area contributed by atoms with E-state index in [9.17, 15) is 4.79 Å². The van der Waals surface area contributed by atoms with Crippen molar-refractivity contribution in [3.8, 4) is 11.5 Å². The van der Waals surface area contributed by atoms with Gasteiger partial charge in [-0.3, -0.25) is 4.79 Å². The van der Waals surface area contributed by atoms with E-state index < -0.39 is 0 Å². The van der Waals surface area contributed by atoms with Crippen molar-refractivity contribution in [2.75, 3.05) is 20.3 Å². The normalized spacial score (nSPS) is 10.2. The summed E-state index contributed by atoms with van der Waals surface area (Å²) < 4.78 is 10.7. The van der Waals surface area contributed by atoms with Gasteiger partial charge in [0.15, 0.2) is 11.5 Å². The van der Waals surface area contributed by atoms with Crippen LogP contribution in [0.2, 0.25) is 0 Å². The minimum Gasteiger partial charge on any atom is -0.493 e. The Bertz CT molecular complexity index is 466. The molecule has 1 aromatic carbocycles. The highest BCUT2D eigenvalue weighted by Crippen LogP contribution is 2.28. The fraction of sp³-hybridized carbons (Fsp3) is 0.267. The number of amides is 1. The molecule has 0 spiro atoms. The lowest BCUT2D eigenvalue weighted by Crippen LogP contribution is -2.19. The molecule has 0 aromatic heterocycles. The Kier molecular flexibility index (Phi) is 6.22. The minimum absolute atomic E-state index is 0.117. The second kappa shape index (κ2) is 7.97. The molecule has 0 aliphatic rings.